The number of benzene rings is 18. The summed E-state index contributed by atoms with van der Waals surface area (Å²) in [5.41, 5.74) is 37.6. The van der Waals surface area contributed by atoms with Crippen molar-refractivity contribution in [1.29, 1.82) is 0 Å². The molecule has 542 valence electrons. The van der Waals surface area contributed by atoms with Crippen LogP contribution in [0.15, 0.2) is 449 Å². The van der Waals surface area contributed by atoms with Crippen molar-refractivity contribution in [1.82, 2.24) is 0 Å². The lowest BCUT2D eigenvalue weighted by Crippen LogP contribution is -2.65. The van der Waals surface area contributed by atoms with Gasteiger partial charge in [-0.1, -0.05) is 340 Å². The predicted octanol–water partition coefficient (Wildman–Crippen LogP) is 25.1. The Kier molecular flexibility index (Phi) is 16.7. The zero-order chi connectivity index (χ0) is 76.6. The summed E-state index contributed by atoms with van der Waals surface area (Å²) < 4.78 is 0. The molecule has 0 unspecified atom stereocenters. The van der Waals surface area contributed by atoms with Crippen molar-refractivity contribution in [3.8, 4) is 55.6 Å². The molecule has 0 saturated heterocycles. The van der Waals surface area contributed by atoms with Crippen molar-refractivity contribution in [2.75, 3.05) is 29.4 Å². The average Bonchev–Trinajstić information content (AvgIpc) is 0.679. The molecule has 0 fully saturated rings. The van der Waals surface area contributed by atoms with Gasteiger partial charge in [-0.05, 0) is 170 Å². The number of rotatable bonds is 15. The molecule has 4 heterocycles. The van der Waals surface area contributed by atoms with E-state index < -0.39 is 0 Å². The first-order valence-electron chi connectivity index (χ1n) is 40.0. The molecule has 0 atom stereocenters. The third kappa shape index (κ3) is 11.3. The minimum Gasteiger partial charge on any atom is -0.311 e. The lowest BCUT2D eigenvalue weighted by atomic mass is 9.30. The Morgan fingerprint density at radius 2 is 0.474 bits per heavy atom. The van der Waals surface area contributed by atoms with Gasteiger partial charge < -0.3 is 29.4 Å². The van der Waals surface area contributed by atoms with Crippen LogP contribution in [0.25, 0.3) is 55.6 Å². The van der Waals surface area contributed by atoms with Crippen molar-refractivity contribution in [2.24, 2.45) is 0 Å². The molecule has 6 nitrogen and oxygen atoms in total. The Hall–Kier alpha value is -15.1. The summed E-state index contributed by atoms with van der Waals surface area (Å²) in [4.78, 5) is 15.5. The van der Waals surface area contributed by atoms with E-state index in [1.807, 2.05) is 0 Å². The van der Waals surface area contributed by atoms with Crippen molar-refractivity contribution >= 4 is 149 Å². The van der Waals surface area contributed by atoms with Crippen LogP contribution in [0, 0.1) is 0 Å². The van der Waals surface area contributed by atoms with Crippen molar-refractivity contribution in [3.05, 3.63) is 449 Å². The third-order valence-electron chi connectivity index (χ3n) is 23.7. The molecule has 0 saturated carbocycles. The molecule has 0 aliphatic carbocycles. The predicted molar refractivity (Wildman–Crippen MR) is 491 cm³/mol. The molecular weight excluding hydrogens is 1400 g/mol. The fraction of sp³-hybridized carbons (Fsp3) is 0. The maximum Gasteiger partial charge on any atom is 0.252 e. The van der Waals surface area contributed by atoms with Crippen molar-refractivity contribution in [3.63, 3.8) is 0 Å². The third-order valence-corrected chi connectivity index (χ3v) is 23.7. The van der Waals surface area contributed by atoms with E-state index in [1.54, 1.807) is 0 Å². The molecule has 4 aliphatic heterocycles. The van der Waals surface area contributed by atoms with Crippen LogP contribution in [0.3, 0.4) is 0 Å². The number of nitrogens with zero attached hydrogens (tertiary/aromatic N) is 6. The number of hydrogen-bond acceptors (Lipinski definition) is 6. The van der Waals surface area contributed by atoms with Crippen molar-refractivity contribution in [2.45, 2.75) is 0 Å². The molecule has 0 radical (unpaired) electrons. The highest BCUT2D eigenvalue weighted by Gasteiger charge is 2.50. The Balaban J connectivity index is 0.919. The normalized spacial score (nSPS) is 12.6. The molecular formula is C108H74B2N6. The topological polar surface area (TPSA) is 19.4 Å². The van der Waals surface area contributed by atoms with Crippen LogP contribution in [0.5, 0.6) is 0 Å². The number of anilines is 18. The second-order valence-electron chi connectivity index (χ2n) is 30.2. The number of para-hydroxylation sites is 10. The lowest BCUT2D eigenvalue weighted by Gasteiger charge is -2.48. The van der Waals surface area contributed by atoms with E-state index in [-0.39, 0.29) is 13.4 Å². The summed E-state index contributed by atoms with van der Waals surface area (Å²) in [6.07, 6.45) is 0. The van der Waals surface area contributed by atoms with E-state index in [9.17, 15) is 0 Å². The van der Waals surface area contributed by atoms with Gasteiger partial charge in [0, 0.05) is 96.1 Å². The highest BCUT2D eigenvalue weighted by atomic mass is 15.2. The first-order valence-corrected chi connectivity index (χ1v) is 40.0. The standard InChI is InChI=1S/C108H74B2N6/c1-10-39-75(40-11-1)86-57-28-33-64-95(86)112(82-53-24-8-25-54-82)85-71-103-107-104(72-85)115(97-66-35-30-59-88(97)77-43-14-3-15-44-77)100-74-101-94(73-93(100)110(107)92-63-32-37-68-99(92)114(103)96-65-34-29-58-87(96)76-41-12-2-13-42-76)109-91-62-31-36-67-98(91)113(83-55-26-9-27-56-83)102-69-84(111(80-49-20-6-21-50-80)81-51-22-7-23-52-81)70-105(106(102)109)116(101)108-89(78-45-16-4-17-46-78)60-38-61-90(108)79-47-18-5-19-48-79/h1-74H. The molecule has 0 spiro atoms. The van der Waals surface area contributed by atoms with Gasteiger partial charge in [-0.25, -0.2) is 0 Å². The minimum absolute atomic E-state index is 0.293. The van der Waals surface area contributed by atoms with Crippen LogP contribution in [-0.4, -0.2) is 13.4 Å². The van der Waals surface area contributed by atoms with Gasteiger partial charge in [0.05, 0.1) is 34.1 Å². The maximum atomic E-state index is 2.71. The van der Waals surface area contributed by atoms with Gasteiger partial charge >= 0.3 is 0 Å². The van der Waals surface area contributed by atoms with E-state index in [0.29, 0.717) is 0 Å². The SMILES string of the molecule is c1ccc(-c2ccccc2N(c2ccccc2)c2cc3c4c(c2)N(c2ccccc2-c2ccccc2)c2cc5c(cc2B4c2ccccc2N3c2ccccc2-c2ccccc2)B2c3ccccc3N(c3ccccc3)c3cc(N(c4ccccc4)c4ccccc4)cc(c32)N5c2c(-c3ccccc3)cccc2-c2ccccc2)cc1. The second-order valence-corrected chi connectivity index (χ2v) is 30.2. The monoisotopic (exact) mass is 1480 g/mol. The first-order chi connectivity index (χ1) is 57.6. The molecule has 0 bridgehead atoms. The van der Waals surface area contributed by atoms with Crippen LogP contribution < -0.4 is 62.2 Å². The zero-order valence-electron chi connectivity index (χ0n) is 63.6. The smallest absolute Gasteiger partial charge is 0.252 e. The Morgan fingerprint density at radius 3 is 0.931 bits per heavy atom. The van der Waals surface area contributed by atoms with E-state index in [4.69, 9.17) is 0 Å². The molecule has 4 aliphatic rings. The summed E-state index contributed by atoms with van der Waals surface area (Å²) in [6, 6.07) is 167. The van der Waals surface area contributed by atoms with Gasteiger partial charge in [-0.3, -0.25) is 0 Å². The van der Waals surface area contributed by atoms with Crippen molar-refractivity contribution < 1.29 is 0 Å². The van der Waals surface area contributed by atoms with Gasteiger partial charge in [-0.15, -0.1) is 0 Å². The molecule has 8 heteroatoms. The van der Waals surface area contributed by atoms with Gasteiger partial charge in [0.15, 0.2) is 0 Å². The lowest BCUT2D eigenvalue weighted by molar-refractivity contribution is 1.21. The molecule has 0 N–H and O–H groups in total. The second kappa shape index (κ2) is 28.6. The van der Waals surface area contributed by atoms with E-state index in [1.165, 1.54) is 32.8 Å². The van der Waals surface area contributed by atoms with Gasteiger partial charge in [-0.2, -0.15) is 0 Å². The summed E-state index contributed by atoms with van der Waals surface area (Å²) in [5.74, 6) is 0. The molecule has 18 aromatic rings. The Morgan fingerprint density at radius 1 is 0.172 bits per heavy atom. The van der Waals surface area contributed by atoms with Gasteiger partial charge in [0.1, 0.15) is 0 Å². The molecule has 116 heavy (non-hydrogen) atoms. The molecule has 18 aromatic carbocycles. The molecule has 0 aromatic heterocycles. The van der Waals surface area contributed by atoms with Crippen LogP contribution in [0.1, 0.15) is 0 Å². The quantitative estimate of drug-likeness (QED) is 0.0946. The maximum absolute atomic E-state index is 2.71. The summed E-state index contributed by atoms with van der Waals surface area (Å²) in [5, 5.41) is 0. The van der Waals surface area contributed by atoms with Crippen LogP contribution in [0.4, 0.5) is 102 Å². The highest BCUT2D eigenvalue weighted by Crippen LogP contribution is 2.57. The highest BCUT2D eigenvalue weighted by molar-refractivity contribution is 7.03. The van der Waals surface area contributed by atoms with Crippen LogP contribution in [-0.2, 0) is 0 Å². The summed E-state index contributed by atoms with van der Waals surface area (Å²) in [7, 11) is 0. The number of hydrogen-bond donors (Lipinski definition) is 0. The largest absolute Gasteiger partial charge is 0.311 e. The number of fused-ring (bicyclic) bond motifs is 8. The molecule has 0 amide bonds. The molecule has 22 rings (SSSR count). The zero-order valence-corrected chi connectivity index (χ0v) is 63.6. The first kappa shape index (κ1) is 67.8. The minimum atomic E-state index is -0.314. The Labute approximate surface area is 678 Å². The fourth-order valence-electron chi connectivity index (χ4n) is 18.9. The Bertz CT molecular complexity index is 6640. The summed E-state index contributed by atoms with van der Waals surface area (Å²) >= 11 is 0. The van der Waals surface area contributed by atoms with Gasteiger partial charge in [0.25, 0.3) is 13.4 Å². The van der Waals surface area contributed by atoms with Gasteiger partial charge in [0.2, 0.25) is 0 Å². The fourth-order valence-corrected chi connectivity index (χ4v) is 18.9. The van der Waals surface area contributed by atoms with E-state index >= 15 is 0 Å². The van der Waals surface area contributed by atoms with E-state index in [2.05, 4.69) is 478 Å². The van der Waals surface area contributed by atoms with Crippen LogP contribution in [0.2, 0.25) is 0 Å². The van der Waals surface area contributed by atoms with Crippen LogP contribution >= 0.6 is 0 Å². The summed E-state index contributed by atoms with van der Waals surface area (Å²) in [6.45, 7) is -0.607. The van der Waals surface area contributed by atoms with E-state index in [0.717, 1.165) is 158 Å². The average molecular weight is 1480 g/mol.